The van der Waals surface area contributed by atoms with Crippen LogP contribution in [0.15, 0.2) is 61.7 Å². The highest BCUT2D eigenvalue weighted by Crippen LogP contribution is 2.41. The maximum Gasteiger partial charge on any atom is 0.429 e. The Hall–Kier alpha value is -4.51. The molecule has 0 saturated heterocycles. The second kappa shape index (κ2) is 15.1. The predicted molar refractivity (Wildman–Crippen MR) is 163 cm³/mol. The van der Waals surface area contributed by atoms with E-state index in [0.29, 0.717) is 12.5 Å². The van der Waals surface area contributed by atoms with Gasteiger partial charge in [0.1, 0.15) is 17.5 Å². The zero-order valence-electron chi connectivity index (χ0n) is 26.8. The van der Waals surface area contributed by atoms with E-state index in [1.54, 1.807) is 16.9 Å². The summed E-state index contributed by atoms with van der Waals surface area (Å²) in [7, 11) is 0. The lowest BCUT2D eigenvalue weighted by atomic mass is 9.93. The van der Waals surface area contributed by atoms with E-state index in [0.717, 1.165) is 0 Å². The van der Waals surface area contributed by atoms with E-state index < -0.39 is 81.3 Å². The molecule has 3 N–H and O–H groups in total. The molecule has 2 rings (SSSR count). The first-order valence-electron chi connectivity index (χ1n) is 14.3. The van der Waals surface area contributed by atoms with Gasteiger partial charge in [-0.15, -0.1) is 13.2 Å². The van der Waals surface area contributed by atoms with Crippen LogP contribution < -0.4 is 16.2 Å². The average molecular weight is 690 g/mol. The molecule has 17 heteroatoms. The summed E-state index contributed by atoms with van der Waals surface area (Å²) < 4.78 is 97.5. The summed E-state index contributed by atoms with van der Waals surface area (Å²) >= 11 is 0. The summed E-state index contributed by atoms with van der Waals surface area (Å²) in [6, 6.07) is 7.53. The Labute approximate surface area is 272 Å². The molecule has 11 nitrogen and oxygen atoms in total. The molecule has 48 heavy (non-hydrogen) atoms. The van der Waals surface area contributed by atoms with Crippen molar-refractivity contribution in [1.82, 2.24) is 15.8 Å². The number of pyridine rings is 1. The molecule has 0 spiro atoms. The Morgan fingerprint density at radius 2 is 1.62 bits per heavy atom. The third kappa shape index (κ3) is 10.00. The van der Waals surface area contributed by atoms with Gasteiger partial charge in [-0.3, -0.25) is 30.6 Å². The molecule has 0 aliphatic carbocycles. The number of ether oxygens (including phenoxy) is 2. The largest absolute Gasteiger partial charge is 0.429 e. The fourth-order valence-electron chi connectivity index (χ4n) is 4.33. The molecular formula is C31H37F6N5O6. The smallest absolute Gasteiger partial charge is 0.365 e. The van der Waals surface area contributed by atoms with E-state index >= 15 is 0 Å². The predicted octanol–water partition coefficient (Wildman–Crippen LogP) is 6.81. The van der Waals surface area contributed by atoms with Crippen molar-refractivity contribution < 1.29 is 50.3 Å². The summed E-state index contributed by atoms with van der Waals surface area (Å²) in [5.41, 5.74) is -7.16. The molecule has 2 atom stereocenters. The maximum atomic E-state index is 15.0. The van der Waals surface area contributed by atoms with E-state index in [1.807, 2.05) is 0 Å². The van der Waals surface area contributed by atoms with Crippen molar-refractivity contribution in [2.45, 2.75) is 89.3 Å². The molecule has 264 valence electrons. The van der Waals surface area contributed by atoms with Gasteiger partial charge in [-0.25, -0.2) is 4.98 Å². The minimum atomic E-state index is -5.53. The van der Waals surface area contributed by atoms with Crippen molar-refractivity contribution in [3.63, 3.8) is 0 Å². The molecule has 0 radical (unpaired) electrons. The maximum absolute atomic E-state index is 15.0. The van der Waals surface area contributed by atoms with Crippen LogP contribution in [-0.4, -0.2) is 50.7 Å². The Kier molecular flexibility index (Phi) is 12.5. The lowest BCUT2D eigenvalue weighted by Gasteiger charge is -2.41. The molecule has 2 unspecified atom stereocenters. The number of rotatable bonds is 14. The number of aromatic nitrogens is 1. The minimum Gasteiger partial charge on any atom is -0.365 e. The van der Waals surface area contributed by atoms with Gasteiger partial charge in [0.05, 0.1) is 17.1 Å². The van der Waals surface area contributed by atoms with Gasteiger partial charge in [0.2, 0.25) is 5.69 Å². The molecule has 0 fully saturated rings. The number of allylic oxidation sites excluding steroid dienone is 1. The van der Waals surface area contributed by atoms with Gasteiger partial charge in [-0.05, 0) is 53.0 Å². The van der Waals surface area contributed by atoms with Crippen LogP contribution in [0.3, 0.4) is 0 Å². The Balaban J connectivity index is 2.62. The van der Waals surface area contributed by atoms with Crippen LogP contribution in [0.5, 0.6) is 0 Å². The quantitative estimate of drug-likeness (QED) is 0.0849. The van der Waals surface area contributed by atoms with Crippen LogP contribution in [0.25, 0.3) is 0 Å². The number of amides is 2. The van der Waals surface area contributed by atoms with Gasteiger partial charge in [-0.2, -0.15) is 26.3 Å². The van der Waals surface area contributed by atoms with Crippen molar-refractivity contribution in [1.29, 1.82) is 0 Å². The number of carbonyl (C=O) groups excluding carboxylic acids is 2. The molecule has 1 heterocycles. The van der Waals surface area contributed by atoms with Gasteiger partial charge < -0.3 is 14.8 Å². The number of hydrazine groups is 1. The molecular weight excluding hydrogens is 652 g/mol. The monoisotopic (exact) mass is 689 g/mol. The molecule has 0 aliphatic rings. The van der Waals surface area contributed by atoms with E-state index in [-0.39, 0.29) is 18.1 Å². The third-order valence-corrected chi connectivity index (χ3v) is 6.60. The Bertz CT molecular complexity index is 1490. The van der Waals surface area contributed by atoms with E-state index in [9.17, 15) is 46.0 Å². The molecule has 0 aliphatic heterocycles. The normalized spacial score (nSPS) is 14.3. The lowest BCUT2D eigenvalue weighted by molar-refractivity contribution is -0.385. The van der Waals surface area contributed by atoms with Crippen LogP contribution in [0.4, 0.5) is 37.8 Å². The molecule has 1 aromatic heterocycles. The number of benzene rings is 1. The highest BCUT2D eigenvalue weighted by atomic mass is 19.4. The summed E-state index contributed by atoms with van der Waals surface area (Å²) in [5.74, 6) is -4.71. The second-order valence-corrected chi connectivity index (χ2v) is 12.1. The number of nitrogens with zero attached hydrogens (tertiary/aromatic N) is 2. The summed E-state index contributed by atoms with van der Waals surface area (Å²) in [5, 5.41) is 14.3. The van der Waals surface area contributed by atoms with Crippen molar-refractivity contribution in [2.75, 3.05) is 5.32 Å². The minimum absolute atomic E-state index is 0.0591. The van der Waals surface area contributed by atoms with E-state index in [2.05, 4.69) is 23.5 Å². The standard InChI is InChI=1S/C31H37F6N5O6/c1-8-10-16-28(6,7)39-24-20(30(32,33)34)17-21(42(45)46)23(38-24)25(43)40-41-26(44)29(31(35,36)37,22(9-2)48-27(3,4)5)47-18-19-14-12-11-13-15-19/h8-9,11-15,17,22H,1-2,10,16,18H2,3-7H3,(H,38,39)(H,40,43)(H,41,44). The van der Waals surface area contributed by atoms with Gasteiger partial charge in [0.15, 0.2) is 0 Å². The van der Waals surface area contributed by atoms with Crippen molar-refractivity contribution in [3.05, 3.63) is 88.6 Å². The molecule has 1 aromatic carbocycles. The van der Waals surface area contributed by atoms with Gasteiger partial charge in [0.25, 0.3) is 17.4 Å². The van der Waals surface area contributed by atoms with Crippen LogP contribution in [0.1, 0.15) is 69.1 Å². The summed E-state index contributed by atoms with van der Waals surface area (Å²) in [4.78, 5) is 40.6. The first-order valence-corrected chi connectivity index (χ1v) is 14.3. The Morgan fingerprint density at radius 1 is 1.02 bits per heavy atom. The van der Waals surface area contributed by atoms with Crippen molar-refractivity contribution in [2.24, 2.45) is 0 Å². The molecule has 2 amide bonds. The number of alkyl halides is 6. The van der Waals surface area contributed by atoms with E-state index in [4.69, 9.17) is 9.47 Å². The number of nitro groups is 1. The SMILES string of the molecule is C=CCCC(C)(C)Nc1nc(C(=O)NNC(=O)C(OCc2ccccc2)(C(C=C)OC(C)(C)C)C(F)(F)F)c([N+](=O)[O-])cc1C(F)(F)F. The molecule has 0 bridgehead atoms. The second-order valence-electron chi connectivity index (χ2n) is 12.1. The zero-order chi connectivity index (χ0) is 36.7. The average Bonchev–Trinajstić information content (AvgIpc) is 2.96. The van der Waals surface area contributed by atoms with Crippen LogP contribution in [-0.2, 0) is 27.1 Å². The summed E-state index contributed by atoms with van der Waals surface area (Å²) in [6.45, 7) is 13.3. The highest BCUT2D eigenvalue weighted by molar-refractivity contribution is 5.98. The van der Waals surface area contributed by atoms with Crippen LogP contribution >= 0.6 is 0 Å². The zero-order valence-corrected chi connectivity index (χ0v) is 26.8. The number of halogens is 6. The fourth-order valence-corrected chi connectivity index (χ4v) is 4.33. The highest BCUT2D eigenvalue weighted by Gasteiger charge is 2.67. The van der Waals surface area contributed by atoms with Crippen molar-refractivity contribution >= 4 is 23.3 Å². The first-order chi connectivity index (χ1) is 22.0. The van der Waals surface area contributed by atoms with Crippen LogP contribution in [0, 0.1) is 10.1 Å². The number of anilines is 1. The van der Waals surface area contributed by atoms with Crippen molar-refractivity contribution in [3.8, 4) is 0 Å². The number of carbonyl (C=O) groups is 2. The lowest BCUT2D eigenvalue weighted by Crippen LogP contribution is -2.68. The topological polar surface area (TPSA) is 145 Å². The third-order valence-electron chi connectivity index (χ3n) is 6.60. The van der Waals surface area contributed by atoms with Gasteiger partial charge in [0, 0.05) is 11.6 Å². The fraction of sp³-hybridized carbons (Fsp3) is 0.452. The van der Waals surface area contributed by atoms with Crippen LogP contribution in [0.2, 0.25) is 0 Å². The number of hydrogen-bond donors (Lipinski definition) is 3. The number of nitrogens with one attached hydrogen (secondary N) is 3. The molecule has 0 saturated carbocycles. The number of hydrogen-bond acceptors (Lipinski definition) is 8. The summed E-state index contributed by atoms with van der Waals surface area (Å²) in [6.07, 6.45) is -10.2. The first kappa shape index (κ1) is 39.7. The van der Waals surface area contributed by atoms with Gasteiger partial charge in [-0.1, -0.05) is 42.5 Å². The Morgan fingerprint density at radius 3 is 2.10 bits per heavy atom. The molecule has 2 aromatic rings. The van der Waals surface area contributed by atoms with E-state index in [1.165, 1.54) is 65.0 Å². The van der Waals surface area contributed by atoms with Gasteiger partial charge >= 0.3 is 18.0 Å².